The van der Waals surface area contributed by atoms with Crippen LogP contribution in [0, 0.1) is 0 Å². The summed E-state index contributed by atoms with van der Waals surface area (Å²) >= 11 is 0. The Kier molecular flexibility index (Phi) is 3.38. The maximum atomic E-state index is 10.8. The zero-order valence-corrected chi connectivity index (χ0v) is 9.18. The van der Waals surface area contributed by atoms with Crippen LogP contribution in [0.4, 0.5) is 0 Å². The van der Waals surface area contributed by atoms with Crippen molar-refractivity contribution in [2.75, 3.05) is 0 Å². The molecule has 0 amide bonds. The van der Waals surface area contributed by atoms with E-state index in [-0.39, 0.29) is 6.42 Å². The van der Waals surface area contributed by atoms with Crippen LogP contribution in [0.3, 0.4) is 0 Å². The number of hydrogen-bond donors (Lipinski definition) is 5. The highest BCUT2D eigenvalue weighted by Crippen LogP contribution is 2.54. The lowest BCUT2D eigenvalue weighted by molar-refractivity contribution is 0.221. The largest absolute Gasteiger partial charge is 0.389 e. The van der Waals surface area contributed by atoms with Gasteiger partial charge in [-0.15, -0.1) is 0 Å². The number of aliphatic hydroxyl groups is 1. The van der Waals surface area contributed by atoms with Gasteiger partial charge in [0.2, 0.25) is 0 Å². The molecule has 0 saturated carbocycles. The Morgan fingerprint density at radius 1 is 1.13 bits per heavy atom. The molecule has 0 aromatic carbocycles. The van der Waals surface area contributed by atoms with E-state index >= 15 is 0 Å². The zero-order chi connectivity index (χ0) is 11.9. The van der Waals surface area contributed by atoms with Gasteiger partial charge in [-0.3, -0.25) is 9.13 Å². The van der Waals surface area contributed by atoms with Crippen molar-refractivity contribution in [1.29, 1.82) is 0 Å². The molecule has 9 heteroatoms. The van der Waals surface area contributed by atoms with Crippen LogP contribution in [0.1, 0.15) is 6.42 Å². The summed E-state index contributed by atoms with van der Waals surface area (Å²) in [5.41, 5.74) is 0. The Morgan fingerprint density at radius 2 is 1.67 bits per heavy atom. The van der Waals surface area contributed by atoms with Crippen molar-refractivity contribution in [2.45, 2.75) is 12.5 Å². The molecule has 0 radical (unpaired) electrons. The molecule has 0 heterocycles. The van der Waals surface area contributed by atoms with Gasteiger partial charge in [-0.05, 0) is 12.2 Å². The molecule has 0 spiro atoms. The Hall–Kier alpha value is -0.260. The second-order valence-electron chi connectivity index (χ2n) is 3.09. The fourth-order valence-corrected chi connectivity index (χ4v) is 2.66. The van der Waals surface area contributed by atoms with Crippen LogP contribution in [0.5, 0.6) is 0 Å². The van der Waals surface area contributed by atoms with Crippen LogP contribution in [-0.2, 0) is 9.13 Å². The van der Waals surface area contributed by atoms with Gasteiger partial charge in [0.05, 0.1) is 11.4 Å². The summed E-state index contributed by atoms with van der Waals surface area (Å²) in [5, 5.41) is 8.13. The molecule has 0 aromatic rings. The topological polar surface area (TPSA) is 135 Å². The predicted octanol–water partition coefficient (Wildman–Crippen LogP) is -0.126. The van der Waals surface area contributed by atoms with Crippen molar-refractivity contribution in [3.8, 4) is 0 Å². The van der Waals surface area contributed by atoms with Gasteiger partial charge in [0, 0.05) is 11.7 Å². The number of rotatable bonds is 2. The van der Waals surface area contributed by atoms with E-state index in [1.807, 2.05) is 0 Å². The second-order valence-corrected chi connectivity index (χ2v) is 6.35. The smallest absolute Gasteiger partial charge is 0.356 e. The third-order valence-electron chi connectivity index (χ3n) is 1.81. The minimum Gasteiger partial charge on any atom is -0.389 e. The SMILES string of the molecule is O=P(O)(O)C1=CC(O)CC(P(=O)(O)O)=C1. The summed E-state index contributed by atoms with van der Waals surface area (Å²) in [5.74, 6) is 0. The average Bonchev–Trinajstić information content (AvgIpc) is 1.99. The van der Waals surface area contributed by atoms with Gasteiger partial charge in [-0.2, -0.15) is 0 Å². The van der Waals surface area contributed by atoms with Crippen LogP contribution in [0.25, 0.3) is 0 Å². The first kappa shape index (κ1) is 12.8. The van der Waals surface area contributed by atoms with E-state index in [1.165, 1.54) is 0 Å². The van der Waals surface area contributed by atoms with Crippen LogP contribution in [-0.4, -0.2) is 30.8 Å². The lowest BCUT2D eigenvalue weighted by Gasteiger charge is -2.19. The van der Waals surface area contributed by atoms with E-state index < -0.39 is 31.9 Å². The van der Waals surface area contributed by atoms with Gasteiger partial charge in [0.25, 0.3) is 0 Å². The summed E-state index contributed by atoms with van der Waals surface area (Å²) in [6.45, 7) is 0. The van der Waals surface area contributed by atoms with Gasteiger partial charge >= 0.3 is 15.2 Å². The molecule has 0 aliphatic heterocycles. The lowest BCUT2D eigenvalue weighted by Crippen LogP contribution is -2.10. The van der Waals surface area contributed by atoms with Crippen molar-refractivity contribution < 1.29 is 33.8 Å². The van der Waals surface area contributed by atoms with Crippen LogP contribution < -0.4 is 0 Å². The summed E-state index contributed by atoms with van der Waals surface area (Å²) in [6.07, 6.45) is 0.0161. The molecule has 0 saturated heterocycles. The molecule has 5 N–H and O–H groups in total. The van der Waals surface area contributed by atoms with E-state index in [9.17, 15) is 14.2 Å². The Morgan fingerprint density at radius 3 is 2.07 bits per heavy atom. The number of hydrogen-bond acceptors (Lipinski definition) is 3. The monoisotopic (exact) mass is 256 g/mol. The average molecular weight is 256 g/mol. The molecular weight excluding hydrogens is 246 g/mol. The number of allylic oxidation sites excluding steroid dienone is 2. The van der Waals surface area contributed by atoms with Gasteiger partial charge in [0.15, 0.2) is 0 Å². The van der Waals surface area contributed by atoms with Crippen molar-refractivity contribution in [3.63, 3.8) is 0 Å². The molecule has 1 unspecified atom stereocenters. The van der Waals surface area contributed by atoms with Crippen molar-refractivity contribution in [3.05, 3.63) is 22.8 Å². The summed E-state index contributed by atoms with van der Waals surface area (Å²) in [6, 6.07) is 0. The highest BCUT2D eigenvalue weighted by molar-refractivity contribution is 7.58. The van der Waals surface area contributed by atoms with E-state index in [0.29, 0.717) is 0 Å². The second kappa shape index (κ2) is 3.96. The fraction of sp³-hybridized carbons (Fsp3) is 0.333. The van der Waals surface area contributed by atoms with E-state index in [1.54, 1.807) is 0 Å². The van der Waals surface area contributed by atoms with Gasteiger partial charge in [0.1, 0.15) is 0 Å². The van der Waals surface area contributed by atoms with Crippen molar-refractivity contribution in [2.24, 2.45) is 0 Å². The third kappa shape index (κ3) is 3.36. The molecule has 1 rings (SSSR count). The Bertz CT molecular complexity index is 411. The zero-order valence-electron chi connectivity index (χ0n) is 7.39. The van der Waals surface area contributed by atoms with E-state index in [2.05, 4.69) is 0 Å². The predicted molar refractivity (Wildman–Crippen MR) is 50.9 cm³/mol. The first-order valence-electron chi connectivity index (χ1n) is 3.83. The van der Waals surface area contributed by atoms with Crippen LogP contribution >= 0.6 is 15.2 Å². The molecule has 15 heavy (non-hydrogen) atoms. The quantitative estimate of drug-likeness (QED) is 0.434. The van der Waals surface area contributed by atoms with Gasteiger partial charge in [-0.1, -0.05) is 0 Å². The van der Waals surface area contributed by atoms with E-state index in [4.69, 9.17) is 19.6 Å². The highest BCUT2D eigenvalue weighted by atomic mass is 31.2. The minimum absolute atomic E-state index is 0.326. The molecule has 1 aliphatic carbocycles. The molecule has 1 atom stereocenters. The summed E-state index contributed by atoms with van der Waals surface area (Å²) < 4.78 is 21.7. The fourth-order valence-electron chi connectivity index (χ4n) is 1.13. The molecule has 86 valence electrons. The van der Waals surface area contributed by atoms with Crippen molar-refractivity contribution in [1.82, 2.24) is 0 Å². The Balaban J connectivity index is 3.17. The number of aliphatic hydroxyl groups excluding tert-OH is 1. The van der Waals surface area contributed by atoms with E-state index in [0.717, 1.165) is 12.2 Å². The van der Waals surface area contributed by atoms with Crippen LogP contribution in [0.15, 0.2) is 22.8 Å². The van der Waals surface area contributed by atoms with Crippen LogP contribution in [0.2, 0.25) is 0 Å². The normalized spacial score (nSPS) is 23.4. The van der Waals surface area contributed by atoms with Gasteiger partial charge in [-0.25, -0.2) is 0 Å². The Labute approximate surface area is 85.1 Å². The lowest BCUT2D eigenvalue weighted by atomic mass is 10.1. The molecule has 0 aromatic heterocycles. The van der Waals surface area contributed by atoms with Crippen molar-refractivity contribution >= 4 is 15.2 Å². The molecule has 1 aliphatic rings. The van der Waals surface area contributed by atoms with Gasteiger partial charge < -0.3 is 24.7 Å². The molecule has 7 nitrogen and oxygen atoms in total. The highest BCUT2D eigenvalue weighted by Gasteiger charge is 2.31. The third-order valence-corrected chi connectivity index (χ3v) is 3.82. The minimum atomic E-state index is -4.60. The summed E-state index contributed by atoms with van der Waals surface area (Å²) in [4.78, 5) is 35.1. The maximum Gasteiger partial charge on any atom is 0.356 e. The molecule has 0 bridgehead atoms. The summed E-state index contributed by atoms with van der Waals surface area (Å²) in [7, 11) is -9.17. The standard InChI is InChI=1S/C6H10O7P2/c7-4-1-5(14(8,9)10)3-6(2-4)15(11,12)13/h1,3-4,7H,2H2,(H2,8,9,10)(H2,11,12,13). The molecule has 0 fully saturated rings. The first-order valence-corrected chi connectivity index (χ1v) is 7.06. The molecular formula is C6H10O7P2. The first-order chi connectivity index (χ1) is 6.60. The maximum absolute atomic E-state index is 10.8.